The van der Waals surface area contributed by atoms with Crippen LogP contribution in [0.4, 0.5) is 0 Å². The average Bonchev–Trinajstić information content (AvgIpc) is 1.68. The lowest BCUT2D eigenvalue weighted by Crippen LogP contribution is -2.17. The first-order valence-corrected chi connectivity index (χ1v) is 2.56. The Hall–Kier alpha value is -0.240. The molecule has 0 N–H and O–H groups in total. The largest absolute Gasteiger partial charge is 0.347 e. The summed E-state index contributed by atoms with van der Waals surface area (Å²) in [7, 11) is 1.69. The van der Waals surface area contributed by atoms with E-state index in [1.165, 1.54) is 4.90 Å². The summed E-state index contributed by atoms with van der Waals surface area (Å²) in [5, 5.41) is 0. The molecule has 0 aliphatic carbocycles. The summed E-state index contributed by atoms with van der Waals surface area (Å²) in [6, 6.07) is 0. The molecule has 0 bridgehead atoms. The Bertz CT molecular complexity index is 57.7. The van der Waals surface area contributed by atoms with Crippen molar-refractivity contribution in [3.63, 3.8) is 0 Å². The lowest BCUT2D eigenvalue weighted by Gasteiger charge is -2.04. The fraction of sp³-hybridized carbons (Fsp3) is 0.750. The van der Waals surface area contributed by atoms with Crippen molar-refractivity contribution in [3.8, 4) is 0 Å². The van der Waals surface area contributed by atoms with Crippen LogP contribution >= 0.6 is 11.6 Å². The van der Waals surface area contributed by atoms with Crippen molar-refractivity contribution < 1.29 is 4.79 Å². The molecular formula is C4H8ClNO. The SMILES string of the molecule is CN(C=O)CCCl. The number of hydrogen-bond acceptors (Lipinski definition) is 1. The molecule has 0 rings (SSSR count). The minimum Gasteiger partial charge on any atom is -0.347 e. The minimum absolute atomic E-state index is 0.509. The van der Waals surface area contributed by atoms with Gasteiger partial charge in [-0.1, -0.05) is 0 Å². The number of amides is 1. The van der Waals surface area contributed by atoms with Gasteiger partial charge in [0.1, 0.15) is 0 Å². The highest BCUT2D eigenvalue weighted by Crippen LogP contribution is 1.76. The lowest BCUT2D eigenvalue weighted by atomic mass is 10.7. The zero-order valence-corrected chi connectivity index (χ0v) is 4.98. The van der Waals surface area contributed by atoms with E-state index in [1.807, 2.05) is 0 Å². The summed E-state index contributed by atoms with van der Waals surface area (Å²) in [5.74, 6) is 0.509. The van der Waals surface area contributed by atoms with Gasteiger partial charge >= 0.3 is 0 Å². The van der Waals surface area contributed by atoms with E-state index >= 15 is 0 Å². The van der Waals surface area contributed by atoms with Gasteiger partial charge in [0.2, 0.25) is 6.41 Å². The summed E-state index contributed by atoms with van der Waals surface area (Å²) < 4.78 is 0. The Labute approximate surface area is 48.1 Å². The molecule has 0 spiro atoms. The summed E-state index contributed by atoms with van der Waals surface area (Å²) in [5.41, 5.74) is 0. The molecular weight excluding hydrogens is 114 g/mol. The third-order valence-corrected chi connectivity index (χ3v) is 0.786. The van der Waals surface area contributed by atoms with E-state index in [4.69, 9.17) is 11.6 Å². The summed E-state index contributed by atoms with van der Waals surface area (Å²) in [6.45, 7) is 0.630. The van der Waals surface area contributed by atoms with Crippen LogP contribution in [0.5, 0.6) is 0 Å². The molecule has 3 heteroatoms. The predicted octanol–water partition coefficient (Wildman–Crippen LogP) is 0.313. The van der Waals surface area contributed by atoms with Gasteiger partial charge in [0.05, 0.1) is 0 Å². The number of alkyl halides is 1. The molecule has 0 heterocycles. The minimum atomic E-state index is 0.509. The first-order valence-electron chi connectivity index (χ1n) is 2.02. The molecule has 1 amide bonds. The predicted molar refractivity (Wildman–Crippen MR) is 29.4 cm³/mol. The Morgan fingerprint density at radius 1 is 1.86 bits per heavy atom. The van der Waals surface area contributed by atoms with Gasteiger partial charge in [-0.3, -0.25) is 4.79 Å². The monoisotopic (exact) mass is 121 g/mol. The second-order valence-electron chi connectivity index (χ2n) is 1.27. The van der Waals surface area contributed by atoms with Crippen LogP contribution in [-0.4, -0.2) is 30.8 Å². The molecule has 0 aliphatic heterocycles. The third-order valence-electron chi connectivity index (χ3n) is 0.617. The topological polar surface area (TPSA) is 20.3 Å². The summed E-state index contributed by atoms with van der Waals surface area (Å²) in [4.78, 5) is 11.3. The van der Waals surface area contributed by atoms with Crippen LogP contribution in [0.2, 0.25) is 0 Å². The molecule has 0 saturated heterocycles. The third kappa shape index (κ3) is 3.59. The molecule has 0 fully saturated rings. The van der Waals surface area contributed by atoms with Crippen molar-refractivity contribution >= 4 is 18.0 Å². The number of carbonyl (C=O) groups excluding carboxylic acids is 1. The Balaban J connectivity index is 2.98. The van der Waals surface area contributed by atoms with Crippen molar-refractivity contribution in [3.05, 3.63) is 0 Å². The number of hydrogen-bond donors (Lipinski definition) is 0. The van der Waals surface area contributed by atoms with E-state index in [2.05, 4.69) is 0 Å². The first kappa shape index (κ1) is 6.76. The van der Waals surface area contributed by atoms with Crippen molar-refractivity contribution in [1.29, 1.82) is 0 Å². The zero-order chi connectivity index (χ0) is 5.70. The Morgan fingerprint density at radius 3 is 2.57 bits per heavy atom. The van der Waals surface area contributed by atoms with Crippen molar-refractivity contribution in [2.75, 3.05) is 19.5 Å². The molecule has 42 valence electrons. The molecule has 0 saturated carbocycles. The van der Waals surface area contributed by atoms with Crippen LogP contribution in [0, 0.1) is 0 Å². The normalized spacial score (nSPS) is 8.29. The van der Waals surface area contributed by atoms with Crippen LogP contribution < -0.4 is 0 Å². The number of carbonyl (C=O) groups is 1. The van der Waals surface area contributed by atoms with E-state index in [0.717, 1.165) is 6.41 Å². The second kappa shape index (κ2) is 3.93. The Morgan fingerprint density at radius 2 is 2.43 bits per heavy atom. The summed E-state index contributed by atoms with van der Waals surface area (Å²) in [6.07, 6.45) is 0.752. The van der Waals surface area contributed by atoms with Crippen molar-refractivity contribution in [2.24, 2.45) is 0 Å². The average molecular weight is 122 g/mol. The van der Waals surface area contributed by atoms with Crippen LogP contribution in [0.15, 0.2) is 0 Å². The van der Waals surface area contributed by atoms with E-state index in [-0.39, 0.29) is 0 Å². The smallest absolute Gasteiger partial charge is 0.209 e. The van der Waals surface area contributed by atoms with Gasteiger partial charge < -0.3 is 4.90 Å². The standard InChI is InChI=1S/C4H8ClNO/c1-6(4-7)3-2-5/h4H,2-3H2,1H3. The molecule has 0 aliphatic rings. The van der Waals surface area contributed by atoms with E-state index in [1.54, 1.807) is 7.05 Å². The number of rotatable bonds is 3. The molecule has 2 nitrogen and oxygen atoms in total. The van der Waals surface area contributed by atoms with E-state index < -0.39 is 0 Å². The molecule has 0 aromatic rings. The fourth-order valence-corrected chi connectivity index (χ4v) is 0.453. The second-order valence-corrected chi connectivity index (χ2v) is 1.65. The fourth-order valence-electron chi connectivity index (χ4n) is 0.186. The van der Waals surface area contributed by atoms with Crippen LogP contribution in [-0.2, 0) is 4.79 Å². The highest BCUT2D eigenvalue weighted by atomic mass is 35.5. The van der Waals surface area contributed by atoms with Gasteiger partial charge in [0, 0.05) is 19.5 Å². The maximum atomic E-state index is 9.76. The van der Waals surface area contributed by atoms with Gasteiger partial charge in [-0.15, -0.1) is 11.6 Å². The van der Waals surface area contributed by atoms with Crippen LogP contribution in [0.3, 0.4) is 0 Å². The van der Waals surface area contributed by atoms with Gasteiger partial charge in [0.25, 0.3) is 0 Å². The molecule has 7 heavy (non-hydrogen) atoms. The van der Waals surface area contributed by atoms with Gasteiger partial charge in [0.15, 0.2) is 0 Å². The van der Waals surface area contributed by atoms with Gasteiger partial charge in [-0.2, -0.15) is 0 Å². The highest BCUT2D eigenvalue weighted by Gasteiger charge is 1.86. The molecule has 0 aromatic carbocycles. The number of halogens is 1. The Kier molecular flexibility index (Phi) is 3.80. The lowest BCUT2D eigenvalue weighted by molar-refractivity contribution is -0.116. The molecule has 0 atom stereocenters. The van der Waals surface area contributed by atoms with E-state index in [9.17, 15) is 4.79 Å². The zero-order valence-electron chi connectivity index (χ0n) is 4.22. The van der Waals surface area contributed by atoms with Crippen molar-refractivity contribution in [2.45, 2.75) is 0 Å². The molecule has 0 unspecified atom stereocenters. The molecule has 0 radical (unpaired) electrons. The maximum Gasteiger partial charge on any atom is 0.209 e. The highest BCUT2D eigenvalue weighted by molar-refractivity contribution is 6.18. The van der Waals surface area contributed by atoms with E-state index in [0.29, 0.717) is 12.4 Å². The summed E-state index contributed by atoms with van der Waals surface area (Å²) >= 11 is 5.27. The quantitative estimate of drug-likeness (QED) is 0.389. The molecule has 0 aromatic heterocycles. The van der Waals surface area contributed by atoms with Crippen LogP contribution in [0.25, 0.3) is 0 Å². The van der Waals surface area contributed by atoms with Gasteiger partial charge in [-0.25, -0.2) is 0 Å². The van der Waals surface area contributed by atoms with Gasteiger partial charge in [-0.05, 0) is 0 Å². The maximum absolute atomic E-state index is 9.76. The van der Waals surface area contributed by atoms with Crippen LogP contribution in [0.1, 0.15) is 0 Å². The number of nitrogens with zero attached hydrogens (tertiary/aromatic N) is 1. The first-order chi connectivity index (χ1) is 3.31. The van der Waals surface area contributed by atoms with Crippen molar-refractivity contribution in [1.82, 2.24) is 4.90 Å².